The largest absolute Gasteiger partial charge is 0.480 e. The van der Waals surface area contributed by atoms with E-state index >= 15 is 0 Å². The van der Waals surface area contributed by atoms with Crippen molar-refractivity contribution >= 4 is 40.8 Å². The molecule has 1 aromatic carbocycles. The lowest BCUT2D eigenvalue weighted by atomic mass is 10.0. The summed E-state index contributed by atoms with van der Waals surface area (Å²) < 4.78 is 0. The van der Waals surface area contributed by atoms with Gasteiger partial charge in [-0.1, -0.05) is 12.1 Å². The number of halogens is 2. The third-order valence-electron chi connectivity index (χ3n) is 4.60. The molecule has 1 heterocycles. The van der Waals surface area contributed by atoms with E-state index in [4.69, 9.17) is 28.9 Å². The molecule has 26 heavy (non-hydrogen) atoms. The van der Waals surface area contributed by atoms with Crippen molar-refractivity contribution in [2.45, 2.75) is 31.3 Å². The van der Waals surface area contributed by atoms with Crippen LogP contribution in [0.1, 0.15) is 18.4 Å². The van der Waals surface area contributed by atoms with Gasteiger partial charge in [0.2, 0.25) is 5.91 Å². The molecule has 0 bridgehead atoms. The van der Waals surface area contributed by atoms with Crippen LogP contribution in [-0.2, 0) is 16.0 Å². The lowest BCUT2D eigenvalue weighted by Crippen LogP contribution is -2.49. The molecule has 1 aliphatic heterocycles. The van der Waals surface area contributed by atoms with E-state index in [0.717, 1.165) is 11.3 Å². The average molecular weight is 402 g/mol. The van der Waals surface area contributed by atoms with Crippen LogP contribution in [0, 0.1) is 0 Å². The van der Waals surface area contributed by atoms with Gasteiger partial charge in [-0.3, -0.25) is 4.79 Å². The fourth-order valence-corrected chi connectivity index (χ4v) is 3.67. The van der Waals surface area contributed by atoms with E-state index in [9.17, 15) is 14.7 Å². The number of carbonyl (C=O) groups is 2. The van der Waals surface area contributed by atoms with Gasteiger partial charge in [-0.05, 0) is 37.0 Å². The highest BCUT2D eigenvalue weighted by Crippen LogP contribution is 2.20. The third kappa shape index (κ3) is 5.25. The zero-order chi connectivity index (χ0) is 19.1. The minimum Gasteiger partial charge on any atom is -0.480 e. The van der Waals surface area contributed by atoms with E-state index in [0.29, 0.717) is 50.7 Å². The predicted molar refractivity (Wildman–Crippen MR) is 104 cm³/mol. The van der Waals surface area contributed by atoms with Gasteiger partial charge in [0.1, 0.15) is 6.04 Å². The predicted octanol–water partition coefficient (Wildman–Crippen LogP) is 1.92. The fourth-order valence-electron chi connectivity index (χ4n) is 3.26. The number of nitrogens with two attached hydrogens (primary N) is 1. The van der Waals surface area contributed by atoms with Gasteiger partial charge >= 0.3 is 5.97 Å². The first kappa shape index (κ1) is 20.8. The molecule has 0 radical (unpaired) electrons. The van der Waals surface area contributed by atoms with Crippen LogP contribution in [0.4, 0.5) is 5.69 Å². The highest BCUT2D eigenvalue weighted by molar-refractivity contribution is 6.18. The van der Waals surface area contributed by atoms with Crippen molar-refractivity contribution in [3.05, 3.63) is 29.8 Å². The number of aliphatic carboxylic acids is 1. The van der Waals surface area contributed by atoms with Gasteiger partial charge in [0.15, 0.2) is 0 Å². The van der Waals surface area contributed by atoms with E-state index in [-0.39, 0.29) is 5.91 Å². The Morgan fingerprint density at radius 2 is 1.85 bits per heavy atom. The number of nitrogens with zero attached hydrogens (tertiary/aromatic N) is 2. The lowest BCUT2D eigenvalue weighted by Gasteiger charge is -2.25. The molecule has 1 aliphatic rings. The molecule has 0 spiro atoms. The van der Waals surface area contributed by atoms with Crippen molar-refractivity contribution in [2.75, 3.05) is 36.3 Å². The Morgan fingerprint density at radius 3 is 2.38 bits per heavy atom. The second-order valence-electron chi connectivity index (χ2n) is 6.37. The quantitative estimate of drug-likeness (QED) is 0.617. The Hall–Kier alpha value is -1.50. The Labute approximate surface area is 163 Å². The summed E-state index contributed by atoms with van der Waals surface area (Å²) in [6, 6.07) is 6.27. The summed E-state index contributed by atoms with van der Waals surface area (Å²) in [5, 5.41) is 9.22. The summed E-state index contributed by atoms with van der Waals surface area (Å²) in [7, 11) is 0. The van der Waals surface area contributed by atoms with Crippen molar-refractivity contribution in [3.8, 4) is 0 Å². The van der Waals surface area contributed by atoms with Crippen molar-refractivity contribution < 1.29 is 14.7 Å². The normalized spacial score (nSPS) is 18.0. The van der Waals surface area contributed by atoms with Crippen LogP contribution in [0.15, 0.2) is 24.3 Å². The smallest absolute Gasteiger partial charge is 0.326 e. The number of hydrogen-bond donors (Lipinski definition) is 2. The van der Waals surface area contributed by atoms with Crippen LogP contribution in [0.2, 0.25) is 0 Å². The highest BCUT2D eigenvalue weighted by atomic mass is 35.5. The van der Waals surface area contributed by atoms with Crippen LogP contribution >= 0.6 is 23.2 Å². The monoisotopic (exact) mass is 401 g/mol. The van der Waals surface area contributed by atoms with E-state index < -0.39 is 18.1 Å². The number of benzene rings is 1. The zero-order valence-corrected chi connectivity index (χ0v) is 16.1. The maximum absolute atomic E-state index is 12.5. The van der Waals surface area contributed by atoms with Gasteiger partial charge in [0.05, 0.1) is 6.04 Å². The molecule has 1 fully saturated rings. The van der Waals surface area contributed by atoms with E-state index in [1.807, 2.05) is 24.3 Å². The molecule has 0 aliphatic carbocycles. The number of rotatable bonds is 9. The second-order valence-corrected chi connectivity index (χ2v) is 7.13. The van der Waals surface area contributed by atoms with Crippen LogP contribution in [0.5, 0.6) is 0 Å². The highest BCUT2D eigenvalue weighted by Gasteiger charge is 2.35. The van der Waals surface area contributed by atoms with Crippen molar-refractivity contribution in [1.29, 1.82) is 0 Å². The molecule has 6 nitrogen and oxygen atoms in total. The molecule has 1 amide bonds. The van der Waals surface area contributed by atoms with Crippen LogP contribution < -0.4 is 10.6 Å². The maximum Gasteiger partial charge on any atom is 0.326 e. The molecule has 1 aromatic rings. The Kier molecular flexibility index (Phi) is 8.00. The van der Waals surface area contributed by atoms with Gasteiger partial charge in [0, 0.05) is 37.1 Å². The fraction of sp³-hybridized carbons (Fsp3) is 0.556. The molecule has 2 atom stereocenters. The molecule has 0 aromatic heterocycles. The standard InChI is InChI=1S/C18H25Cl2N3O3/c19-7-10-22(11-8-20)14-5-3-13(4-6-14)12-15(21)17(24)23-9-1-2-16(23)18(25)26/h3-6,15-16H,1-2,7-12,21H2,(H,25,26)/t15-,16-/m0/s1. The first-order valence-electron chi connectivity index (χ1n) is 8.72. The number of amides is 1. The number of hydrogen-bond acceptors (Lipinski definition) is 4. The van der Waals surface area contributed by atoms with Crippen molar-refractivity contribution in [1.82, 2.24) is 4.90 Å². The summed E-state index contributed by atoms with van der Waals surface area (Å²) >= 11 is 11.7. The molecular weight excluding hydrogens is 377 g/mol. The lowest BCUT2D eigenvalue weighted by molar-refractivity contribution is -0.148. The van der Waals surface area contributed by atoms with Gasteiger partial charge in [-0.2, -0.15) is 0 Å². The van der Waals surface area contributed by atoms with Gasteiger partial charge < -0.3 is 20.6 Å². The van der Waals surface area contributed by atoms with Crippen LogP contribution in [0.25, 0.3) is 0 Å². The number of carboxylic acid groups (broad SMARTS) is 1. The maximum atomic E-state index is 12.5. The number of likely N-dealkylation sites (tertiary alicyclic amines) is 1. The van der Waals surface area contributed by atoms with Crippen LogP contribution in [-0.4, -0.2) is 65.4 Å². The Balaban J connectivity index is 1.99. The number of alkyl halides is 2. The first-order valence-corrected chi connectivity index (χ1v) is 9.79. The zero-order valence-electron chi connectivity index (χ0n) is 14.6. The summed E-state index contributed by atoms with van der Waals surface area (Å²) in [6.07, 6.45) is 1.55. The molecule has 2 rings (SSSR count). The van der Waals surface area contributed by atoms with Gasteiger partial charge in [-0.15, -0.1) is 23.2 Å². The Morgan fingerprint density at radius 1 is 1.23 bits per heavy atom. The van der Waals surface area contributed by atoms with Gasteiger partial charge in [-0.25, -0.2) is 4.79 Å². The molecule has 1 saturated heterocycles. The molecule has 3 N–H and O–H groups in total. The summed E-state index contributed by atoms with van der Waals surface area (Å²) in [5.74, 6) is -0.243. The molecule has 8 heteroatoms. The third-order valence-corrected chi connectivity index (χ3v) is 4.94. The molecular formula is C18H25Cl2N3O3. The summed E-state index contributed by atoms with van der Waals surface area (Å²) in [5.41, 5.74) is 8.00. The minimum atomic E-state index is -0.967. The van der Waals surface area contributed by atoms with Gasteiger partial charge in [0.25, 0.3) is 0 Å². The van der Waals surface area contributed by atoms with Crippen LogP contribution in [0.3, 0.4) is 0 Å². The van der Waals surface area contributed by atoms with E-state index in [2.05, 4.69) is 4.90 Å². The molecule has 144 valence electrons. The SMILES string of the molecule is N[C@@H](Cc1ccc(N(CCCl)CCCl)cc1)C(=O)N1CCC[C@H]1C(=O)O. The minimum absolute atomic E-state index is 0.301. The number of carboxylic acids is 1. The topological polar surface area (TPSA) is 86.9 Å². The average Bonchev–Trinajstić information content (AvgIpc) is 3.11. The van der Waals surface area contributed by atoms with E-state index in [1.165, 1.54) is 4.90 Å². The second kappa shape index (κ2) is 10.00. The number of anilines is 1. The van der Waals surface area contributed by atoms with Crippen molar-refractivity contribution in [3.63, 3.8) is 0 Å². The Bertz CT molecular complexity index is 606. The summed E-state index contributed by atoms with van der Waals surface area (Å²) in [4.78, 5) is 27.2. The molecule has 0 saturated carbocycles. The number of carbonyl (C=O) groups excluding carboxylic acids is 1. The summed E-state index contributed by atoms with van der Waals surface area (Å²) in [6.45, 7) is 1.86. The van der Waals surface area contributed by atoms with Crippen molar-refractivity contribution in [2.24, 2.45) is 5.73 Å². The molecule has 0 unspecified atom stereocenters. The van der Waals surface area contributed by atoms with E-state index in [1.54, 1.807) is 0 Å². The first-order chi connectivity index (χ1) is 12.5.